The number of hydrogen-bond acceptors (Lipinski definition) is 3. The van der Waals surface area contributed by atoms with Gasteiger partial charge in [-0.3, -0.25) is 0 Å². The average Bonchev–Trinajstić information content (AvgIpc) is 2.15. The van der Waals surface area contributed by atoms with Gasteiger partial charge in [0.15, 0.2) is 11.5 Å². The first-order valence-corrected chi connectivity index (χ1v) is 5.41. The van der Waals surface area contributed by atoms with Gasteiger partial charge in [0.1, 0.15) is 0 Å². The fourth-order valence-corrected chi connectivity index (χ4v) is 1.18. The molecule has 0 bridgehead atoms. The van der Waals surface area contributed by atoms with Gasteiger partial charge in [0.2, 0.25) is 0 Å². The van der Waals surface area contributed by atoms with E-state index in [1.54, 1.807) is 20.8 Å². The van der Waals surface area contributed by atoms with Gasteiger partial charge in [-0.05, 0) is 32.9 Å². The van der Waals surface area contributed by atoms with Crippen LogP contribution in [0.1, 0.15) is 20.8 Å². The Labute approximate surface area is 108 Å². The molecule has 0 radical (unpaired) electrons. The molecule has 106 valence electrons. The van der Waals surface area contributed by atoms with Crippen molar-refractivity contribution in [3.8, 4) is 11.5 Å². The van der Waals surface area contributed by atoms with Crippen molar-refractivity contribution in [3.05, 3.63) is 24.3 Å². The van der Waals surface area contributed by atoms with Gasteiger partial charge in [0, 0.05) is 5.54 Å². The molecule has 19 heavy (non-hydrogen) atoms. The molecule has 4 nitrogen and oxygen atoms in total. The first kappa shape index (κ1) is 15.1. The SMILES string of the molecule is CC(C)(C)NC(=O)Oc1ccccc1OC(F)(F)F. The van der Waals surface area contributed by atoms with Crippen molar-refractivity contribution in [2.45, 2.75) is 32.7 Å². The molecule has 0 aliphatic rings. The van der Waals surface area contributed by atoms with Gasteiger partial charge in [0.25, 0.3) is 0 Å². The second-order valence-corrected chi connectivity index (χ2v) is 4.76. The fourth-order valence-electron chi connectivity index (χ4n) is 1.18. The molecule has 0 saturated heterocycles. The number of amides is 1. The van der Waals surface area contributed by atoms with E-state index < -0.39 is 23.7 Å². The topological polar surface area (TPSA) is 47.6 Å². The van der Waals surface area contributed by atoms with Crippen LogP contribution in [0.4, 0.5) is 18.0 Å². The van der Waals surface area contributed by atoms with Crippen LogP contribution in [0.15, 0.2) is 24.3 Å². The van der Waals surface area contributed by atoms with Crippen LogP contribution in [0.3, 0.4) is 0 Å². The van der Waals surface area contributed by atoms with Gasteiger partial charge in [-0.15, -0.1) is 13.2 Å². The van der Waals surface area contributed by atoms with Crippen molar-refractivity contribution in [1.82, 2.24) is 5.32 Å². The van der Waals surface area contributed by atoms with Crippen LogP contribution in [0.5, 0.6) is 11.5 Å². The van der Waals surface area contributed by atoms with E-state index in [0.717, 1.165) is 6.07 Å². The highest BCUT2D eigenvalue weighted by molar-refractivity contribution is 5.72. The molecule has 0 aliphatic heterocycles. The minimum Gasteiger partial charge on any atom is -0.406 e. The molecule has 0 aromatic heterocycles. The van der Waals surface area contributed by atoms with Crippen LogP contribution in [0.2, 0.25) is 0 Å². The second-order valence-electron chi connectivity index (χ2n) is 4.76. The van der Waals surface area contributed by atoms with E-state index in [4.69, 9.17) is 4.74 Å². The first-order valence-electron chi connectivity index (χ1n) is 5.41. The summed E-state index contributed by atoms with van der Waals surface area (Å²) in [7, 11) is 0. The summed E-state index contributed by atoms with van der Waals surface area (Å²) in [4.78, 5) is 11.5. The highest BCUT2D eigenvalue weighted by Crippen LogP contribution is 2.31. The minimum absolute atomic E-state index is 0.304. The molecule has 1 amide bonds. The molecule has 7 heteroatoms. The summed E-state index contributed by atoms with van der Waals surface area (Å²) >= 11 is 0. The lowest BCUT2D eigenvalue weighted by Gasteiger charge is -2.20. The zero-order valence-electron chi connectivity index (χ0n) is 10.7. The van der Waals surface area contributed by atoms with Crippen molar-refractivity contribution < 1.29 is 27.4 Å². The summed E-state index contributed by atoms with van der Waals surface area (Å²) in [5, 5.41) is 2.46. The minimum atomic E-state index is -4.85. The molecule has 0 saturated carbocycles. The van der Waals surface area contributed by atoms with Gasteiger partial charge in [-0.25, -0.2) is 4.79 Å². The number of halogens is 3. The maximum atomic E-state index is 12.2. The zero-order valence-corrected chi connectivity index (χ0v) is 10.7. The molecule has 1 aromatic rings. The number of benzene rings is 1. The number of rotatable bonds is 2. The first-order chi connectivity index (χ1) is 8.57. The van der Waals surface area contributed by atoms with Crippen LogP contribution in [-0.4, -0.2) is 18.0 Å². The van der Waals surface area contributed by atoms with E-state index in [-0.39, 0.29) is 5.75 Å². The second kappa shape index (κ2) is 5.38. The van der Waals surface area contributed by atoms with Crippen molar-refractivity contribution >= 4 is 6.09 Å². The van der Waals surface area contributed by atoms with E-state index in [2.05, 4.69) is 10.1 Å². The molecule has 1 aromatic carbocycles. The molecular formula is C12H14F3NO3. The Morgan fingerprint density at radius 1 is 1.11 bits per heavy atom. The third-order valence-electron chi connectivity index (χ3n) is 1.75. The Hall–Kier alpha value is -1.92. The van der Waals surface area contributed by atoms with E-state index >= 15 is 0 Å². The number of carbonyl (C=O) groups excluding carboxylic acids is 1. The van der Waals surface area contributed by atoms with Gasteiger partial charge in [-0.2, -0.15) is 0 Å². The Kier molecular flexibility index (Phi) is 4.28. The third-order valence-corrected chi connectivity index (χ3v) is 1.75. The van der Waals surface area contributed by atoms with E-state index in [1.807, 2.05) is 0 Å². The highest BCUT2D eigenvalue weighted by atomic mass is 19.4. The summed E-state index contributed by atoms with van der Waals surface area (Å²) in [6, 6.07) is 5.05. The van der Waals surface area contributed by atoms with Crippen LogP contribution in [0, 0.1) is 0 Å². The van der Waals surface area contributed by atoms with Crippen LogP contribution < -0.4 is 14.8 Å². The number of para-hydroxylation sites is 2. The summed E-state index contributed by atoms with van der Waals surface area (Å²) in [6.07, 6.45) is -5.70. The Bertz CT molecular complexity index is 452. The lowest BCUT2D eigenvalue weighted by Crippen LogP contribution is -2.42. The number of ether oxygens (including phenoxy) is 2. The summed E-state index contributed by atoms with van der Waals surface area (Å²) in [5.74, 6) is -0.874. The highest BCUT2D eigenvalue weighted by Gasteiger charge is 2.32. The average molecular weight is 277 g/mol. The standard InChI is InChI=1S/C12H14F3NO3/c1-11(2,3)16-10(17)18-8-6-4-5-7-9(8)19-12(13,14)15/h4-7H,1-3H3,(H,16,17). The lowest BCUT2D eigenvalue weighted by molar-refractivity contribution is -0.275. The molecule has 0 atom stereocenters. The Morgan fingerprint density at radius 2 is 1.63 bits per heavy atom. The van der Waals surface area contributed by atoms with Gasteiger partial charge >= 0.3 is 12.5 Å². The normalized spacial score (nSPS) is 11.9. The molecule has 0 spiro atoms. The molecule has 1 rings (SSSR count). The molecule has 0 fully saturated rings. The third kappa shape index (κ3) is 5.98. The van der Waals surface area contributed by atoms with E-state index in [9.17, 15) is 18.0 Å². The summed E-state index contributed by atoms with van der Waals surface area (Å²) in [6.45, 7) is 5.14. The quantitative estimate of drug-likeness (QED) is 0.900. The maximum Gasteiger partial charge on any atom is 0.573 e. The molecule has 1 N–H and O–H groups in total. The number of hydrogen-bond donors (Lipinski definition) is 1. The van der Waals surface area contributed by atoms with Gasteiger partial charge in [-0.1, -0.05) is 12.1 Å². The molecule has 0 heterocycles. The van der Waals surface area contributed by atoms with Crippen molar-refractivity contribution in [2.24, 2.45) is 0 Å². The van der Waals surface area contributed by atoms with Gasteiger partial charge < -0.3 is 14.8 Å². The lowest BCUT2D eigenvalue weighted by atomic mass is 10.1. The predicted molar refractivity (Wildman–Crippen MR) is 62.0 cm³/mol. The van der Waals surface area contributed by atoms with Crippen molar-refractivity contribution in [3.63, 3.8) is 0 Å². The molecular weight excluding hydrogens is 263 g/mol. The van der Waals surface area contributed by atoms with Crippen molar-refractivity contribution in [2.75, 3.05) is 0 Å². The number of carbonyl (C=O) groups is 1. The smallest absolute Gasteiger partial charge is 0.406 e. The Balaban J connectivity index is 2.81. The Morgan fingerprint density at radius 3 is 2.11 bits per heavy atom. The largest absolute Gasteiger partial charge is 0.573 e. The van der Waals surface area contributed by atoms with Crippen LogP contribution >= 0.6 is 0 Å². The predicted octanol–water partition coefficient (Wildman–Crippen LogP) is 3.47. The van der Waals surface area contributed by atoms with E-state index in [1.165, 1.54) is 18.2 Å². The summed E-state index contributed by atoms with van der Waals surface area (Å²) < 4.78 is 45.0. The number of alkyl halides is 3. The van der Waals surface area contributed by atoms with Crippen molar-refractivity contribution in [1.29, 1.82) is 0 Å². The van der Waals surface area contributed by atoms with Gasteiger partial charge in [0.05, 0.1) is 0 Å². The number of nitrogens with one attached hydrogen (secondary N) is 1. The van der Waals surface area contributed by atoms with Crippen LogP contribution in [0.25, 0.3) is 0 Å². The fraction of sp³-hybridized carbons (Fsp3) is 0.417. The molecule has 0 aliphatic carbocycles. The zero-order chi connectivity index (χ0) is 14.7. The molecule has 0 unspecified atom stereocenters. The van der Waals surface area contributed by atoms with E-state index in [0.29, 0.717) is 0 Å². The van der Waals surface area contributed by atoms with Crippen LogP contribution in [-0.2, 0) is 0 Å². The summed E-state index contributed by atoms with van der Waals surface area (Å²) in [5.41, 5.74) is -0.559. The maximum absolute atomic E-state index is 12.2. The monoisotopic (exact) mass is 277 g/mol.